The summed E-state index contributed by atoms with van der Waals surface area (Å²) in [6, 6.07) is 3.73. The molecule has 0 aliphatic heterocycles. The van der Waals surface area contributed by atoms with Crippen molar-refractivity contribution in [3.05, 3.63) is 49.9 Å². The summed E-state index contributed by atoms with van der Waals surface area (Å²) in [6.45, 7) is 1.91. The standard InChI is InChI=1S/C18H20N4O4/c1-10-12(25-4)8-6-11(15(10)26-5)7-9-13-19-14-16(20-13)21(2)18(24)22(3)17(14)23/h6-9H,1-5H3,(H,19,20)/b9-7+. The Morgan fingerprint density at radius 2 is 1.81 bits per heavy atom. The average Bonchev–Trinajstić information content (AvgIpc) is 3.07. The van der Waals surface area contributed by atoms with Gasteiger partial charge in [-0.3, -0.25) is 13.9 Å². The van der Waals surface area contributed by atoms with Crippen LogP contribution in [0.5, 0.6) is 11.5 Å². The second-order valence-corrected chi connectivity index (χ2v) is 5.88. The molecule has 0 unspecified atom stereocenters. The minimum Gasteiger partial charge on any atom is -0.496 e. The topological polar surface area (TPSA) is 91.1 Å². The van der Waals surface area contributed by atoms with Crippen LogP contribution in [-0.2, 0) is 14.1 Å². The number of rotatable bonds is 4. The molecule has 0 spiro atoms. The second-order valence-electron chi connectivity index (χ2n) is 5.88. The van der Waals surface area contributed by atoms with E-state index in [0.29, 0.717) is 17.2 Å². The van der Waals surface area contributed by atoms with Crippen molar-refractivity contribution in [1.29, 1.82) is 0 Å². The first-order valence-electron chi connectivity index (χ1n) is 7.94. The summed E-state index contributed by atoms with van der Waals surface area (Å²) in [6.07, 6.45) is 3.55. The van der Waals surface area contributed by atoms with Crippen molar-refractivity contribution < 1.29 is 9.47 Å². The van der Waals surface area contributed by atoms with E-state index in [9.17, 15) is 9.59 Å². The van der Waals surface area contributed by atoms with Gasteiger partial charge in [0.1, 0.15) is 22.8 Å². The lowest BCUT2D eigenvalue weighted by molar-refractivity contribution is 0.388. The largest absolute Gasteiger partial charge is 0.496 e. The molecule has 0 aliphatic rings. The maximum absolute atomic E-state index is 12.2. The molecule has 3 aromatic rings. The van der Waals surface area contributed by atoms with Crippen LogP contribution in [0.3, 0.4) is 0 Å². The Bertz CT molecular complexity index is 1130. The van der Waals surface area contributed by atoms with E-state index >= 15 is 0 Å². The van der Waals surface area contributed by atoms with Gasteiger partial charge in [-0.1, -0.05) is 0 Å². The van der Waals surface area contributed by atoms with E-state index in [-0.39, 0.29) is 5.52 Å². The van der Waals surface area contributed by atoms with Crippen LogP contribution in [0.1, 0.15) is 17.0 Å². The first-order valence-corrected chi connectivity index (χ1v) is 7.94. The Hall–Kier alpha value is -3.29. The Morgan fingerprint density at radius 3 is 2.46 bits per heavy atom. The van der Waals surface area contributed by atoms with Gasteiger partial charge in [0.2, 0.25) is 0 Å². The highest BCUT2D eigenvalue weighted by atomic mass is 16.5. The summed E-state index contributed by atoms with van der Waals surface area (Å²) in [4.78, 5) is 31.5. The van der Waals surface area contributed by atoms with Crippen LogP contribution in [0.15, 0.2) is 21.7 Å². The van der Waals surface area contributed by atoms with Gasteiger partial charge in [0.05, 0.1) is 14.2 Å². The number of methoxy groups -OCH3 is 2. The zero-order chi connectivity index (χ0) is 19.0. The number of aromatic amines is 1. The van der Waals surface area contributed by atoms with E-state index in [1.165, 1.54) is 11.6 Å². The van der Waals surface area contributed by atoms with Crippen molar-refractivity contribution in [2.24, 2.45) is 14.1 Å². The van der Waals surface area contributed by atoms with Crippen molar-refractivity contribution in [3.63, 3.8) is 0 Å². The molecule has 26 heavy (non-hydrogen) atoms. The van der Waals surface area contributed by atoms with E-state index in [1.54, 1.807) is 27.3 Å². The molecule has 0 amide bonds. The molecule has 0 saturated heterocycles. The predicted molar refractivity (Wildman–Crippen MR) is 99.8 cm³/mol. The summed E-state index contributed by atoms with van der Waals surface area (Å²) >= 11 is 0. The minimum atomic E-state index is -0.419. The Balaban J connectivity index is 2.09. The van der Waals surface area contributed by atoms with Gasteiger partial charge in [-0.25, -0.2) is 9.78 Å². The van der Waals surface area contributed by atoms with E-state index in [1.807, 2.05) is 25.1 Å². The fraction of sp³-hybridized carbons (Fsp3) is 0.278. The highest BCUT2D eigenvalue weighted by Gasteiger charge is 2.13. The van der Waals surface area contributed by atoms with Crippen LogP contribution in [0.25, 0.3) is 23.3 Å². The molecule has 0 atom stereocenters. The van der Waals surface area contributed by atoms with Gasteiger partial charge in [0.25, 0.3) is 5.56 Å². The molecular formula is C18H20N4O4. The van der Waals surface area contributed by atoms with Crippen molar-refractivity contribution in [2.75, 3.05) is 14.2 Å². The van der Waals surface area contributed by atoms with Crippen molar-refractivity contribution >= 4 is 23.3 Å². The van der Waals surface area contributed by atoms with Crippen LogP contribution in [-0.4, -0.2) is 33.3 Å². The molecule has 3 rings (SSSR count). The molecule has 2 aromatic heterocycles. The van der Waals surface area contributed by atoms with Crippen LogP contribution in [0.2, 0.25) is 0 Å². The Labute approximate surface area is 149 Å². The Morgan fingerprint density at radius 1 is 1.08 bits per heavy atom. The van der Waals surface area contributed by atoms with Crippen molar-refractivity contribution in [3.8, 4) is 11.5 Å². The quantitative estimate of drug-likeness (QED) is 0.764. The van der Waals surface area contributed by atoms with Gasteiger partial charge in [-0.2, -0.15) is 0 Å². The average molecular weight is 356 g/mol. The number of ether oxygens (including phenoxy) is 2. The number of aromatic nitrogens is 4. The normalized spacial score (nSPS) is 11.4. The second kappa shape index (κ2) is 6.55. The molecule has 0 saturated carbocycles. The number of nitrogens with zero attached hydrogens (tertiary/aromatic N) is 3. The number of imidazole rings is 1. The molecule has 0 bridgehead atoms. The lowest BCUT2D eigenvalue weighted by Gasteiger charge is -2.12. The third-order valence-electron chi connectivity index (χ3n) is 4.34. The van der Waals surface area contributed by atoms with Crippen LogP contribution < -0.4 is 20.7 Å². The summed E-state index contributed by atoms with van der Waals surface area (Å²) in [7, 11) is 6.22. The summed E-state index contributed by atoms with van der Waals surface area (Å²) in [5.74, 6) is 1.90. The molecule has 1 N–H and O–H groups in total. The van der Waals surface area contributed by atoms with Gasteiger partial charge in [0.15, 0.2) is 5.65 Å². The molecule has 0 fully saturated rings. The molecule has 136 valence electrons. The number of hydrogen-bond donors (Lipinski definition) is 1. The number of aryl methyl sites for hydroxylation is 1. The Kier molecular flexibility index (Phi) is 4.41. The van der Waals surface area contributed by atoms with Gasteiger partial charge in [-0.05, 0) is 31.2 Å². The highest BCUT2D eigenvalue weighted by molar-refractivity contribution is 5.77. The lowest BCUT2D eigenvalue weighted by atomic mass is 10.1. The van der Waals surface area contributed by atoms with Crippen LogP contribution in [0.4, 0.5) is 0 Å². The van der Waals surface area contributed by atoms with Gasteiger partial charge in [0, 0.05) is 25.2 Å². The van der Waals surface area contributed by atoms with Crippen molar-refractivity contribution in [2.45, 2.75) is 6.92 Å². The first-order chi connectivity index (χ1) is 12.4. The summed E-state index contributed by atoms with van der Waals surface area (Å²) < 4.78 is 13.2. The van der Waals surface area contributed by atoms with Crippen LogP contribution >= 0.6 is 0 Å². The predicted octanol–water partition coefficient (Wildman–Crippen LogP) is 1.46. The number of H-pyrrole nitrogens is 1. The monoisotopic (exact) mass is 356 g/mol. The van der Waals surface area contributed by atoms with E-state index in [4.69, 9.17) is 9.47 Å². The third kappa shape index (κ3) is 2.69. The molecule has 2 heterocycles. The third-order valence-corrected chi connectivity index (χ3v) is 4.34. The first kappa shape index (κ1) is 17.5. The SMILES string of the molecule is COc1ccc(/C=C/c2nc3c([nH]2)c(=O)n(C)c(=O)n3C)c(OC)c1C. The van der Waals surface area contributed by atoms with Crippen LogP contribution in [0, 0.1) is 6.92 Å². The number of benzene rings is 1. The number of fused-ring (bicyclic) bond motifs is 1. The van der Waals surface area contributed by atoms with Gasteiger partial charge in [-0.15, -0.1) is 0 Å². The van der Waals surface area contributed by atoms with E-state index in [2.05, 4.69) is 9.97 Å². The fourth-order valence-corrected chi connectivity index (χ4v) is 2.91. The van der Waals surface area contributed by atoms with Gasteiger partial charge >= 0.3 is 5.69 Å². The smallest absolute Gasteiger partial charge is 0.332 e. The van der Waals surface area contributed by atoms with Gasteiger partial charge < -0.3 is 14.5 Å². The van der Waals surface area contributed by atoms with E-state index in [0.717, 1.165) is 21.4 Å². The zero-order valence-corrected chi connectivity index (χ0v) is 15.3. The molecule has 0 aliphatic carbocycles. The fourth-order valence-electron chi connectivity index (χ4n) is 2.91. The maximum atomic E-state index is 12.2. The molecule has 8 nitrogen and oxygen atoms in total. The molecular weight excluding hydrogens is 336 g/mol. The zero-order valence-electron chi connectivity index (χ0n) is 15.3. The molecule has 8 heteroatoms. The summed E-state index contributed by atoms with van der Waals surface area (Å²) in [5.41, 5.74) is 1.50. The van der Waals surface area contributed by atoms with Crippen molar-refractivity contribution in [1.82, 2.24) is 19.1 Å². The lowest BCUT2D eigenvalue weighted by Crippen LogP contribution is -2.36. The molecule has 1 aromatic carbocycles. The molecule has 0 radical (unpaired) electrons. The number of hydrogen-bond acceptors (Lipinski definition) is 5. The number of nitrogens with one attached hydrogen (secondary N) is 1. The van der Waals surface area contributed by atoms with E-state index < -0.39 is 11.2 Å². The summed E-state index contributed by atoms with van der Waals surface area (Å²) in [5, 5.41) is 0. The minimum absolute atomic E-state index is 0.284. The maximum Gasteiger partial charge on any atom is 0.332 e. The highest BCUT2D eigenvalue weighted by Crippen LogP contribution is 2.32.